The summed E-state index contributed by atoms with van der Waals surface area (Å²) in [5, 5.41) is 6.93. The van der Waals surface area contributed by atoms with E-state index in [0.717, 1.165) is 0 Å². The van der Waals surface area contributed by atoms with Crippen LogP contribution >= 0.6 is 0 Å². The number of methoxy groups -OCH3 is 1. The molecule has 1 aromatic heterocycles. The van der Waals surface area contributed by atoms with Crippen molar-refractivity contribution in [1.82, 2.24) is 14.7 Å². The second-order valence-corrected chi connectivity index (χ2v) is 5.38. The van der Waals surface area contributed by atoms with Crippen molar-refractivity contribution in [3.63, 3.8) is 0 Å². The first kappa shape index (κ1) is 15.9. The van der Waals surface area contributed by atoms with Crippen molar-refractivity contribution >= 4 is 11.7 Å². The first-order valence-corrected chi connectivity index (χ1v) is 7.07. The minimum atomic E-state index is -0.200. The van der Waals surface area contributed by atoms with Gasteiger partial charge in [0, 0.05) is 20.6 Å². The monoisotopic (exact) mass is 302 g/mol. The smallest absolute Gasteiger partial charge is 0.322 e. The molecule has 1 heterocycles. The highest BCUT2D eigenvalue weighted by molar-refractivity contribution is 5.90. The minimum Gasteiger partial charge on any atom is -0.478 e. The van der Waals surface area contributed by atoms with Crippen LogP contribution in [0.1, 0.15) is 16.7 Å². The summed E-state index contributed by atoms with van der Waals surface area (Å²) in [5.74, 6) is 0.399. The summed E-state index contributed by atoms with van der Waals surface area (Å²) in [6, 6.07) is 5.93. The Labute approximate surface area is 130 Å². The quantitative estimate of drug-likeness (QED) is 0.944. The number of anilines is 1. The molecule has 0 aliphatic heterocycles. The molecular formula is C16H22N4O2. The van der Waals surface area contributed by atoms with Gasteiger partial charge in [0.15, 0.2) is 0 Å². The number of aryl methyl sites for hydroxylation is 3. The molecule has 0 radical (unpaired) electrons. The molecule has 6 nitrogen and oxygen atoms in total. The Morgan fingerprint density at radius 3 is 2.59 bits per heavy atom. The van der Waals surface area contributed by atoms with E-state index in [0.29, 0.717) is 18.1 Å². The predicted octanol–water partition coefficient (Wildman–Crippen LogP) is 2.71. The van der Waals surface area contributed by atoms with Gasteiger partial charge in [0.2, 0.25) is 0 Å². The number of benzene rings is 1. The number of carbonyl (C=O) groups excluding carboxylic acids is 1. The minimum absolute atomic E-state index is 0.200. The van der Waals surface area contributed by atoms with E-state index in [-0.39, 0.29) is 6.03 Å². The highest BCUT2D eigenvalue weighted by Crippen LogP contribution is 2.22. The number of amides is 2. The van der Waals surface area contributed by atoms with Crippen LogP contribution in [0.15, 0.2) is 24.4 Å². The van der Waals surface area contributed by atoms with Crippen LogP contribution in [-0.2, 0) is 13.6 Å². The average Bonchev–Trinajstić information content (AvgIpc) is 2.82. The first-order valence-electron chi connectivity index (χ1n) is 7.07. The van der Waals surface area contributed by atoms with E-state index >= 15 is 0 Å². The van der Waals surface area contributed by atoms with Gasteiger partial charge in [-0.05, 0) is 30.5 Å². The molecule has 2 amide bonds. The third-order valence-electron chi connectivity index (χ3n) is 3.62. The largest absolute Gasteiger partial charge is 0.478 e. The Bertz CT molecular complexity index is 659. The Balaban J connectivity index is 2.09. The third-order valence-corrected chi connectivity index (χ3v) is 3.62. The van der Waals surface area contributed by atoms with E-state index in [1.54, 1.807) is 29.9 Å². The Morgan fingerprint density at radius 2 is 2.00 bits per heavy atom. The fourth-order valence-electron chi connectivity index (χ4n) is 2.32. The first-order chi connectivity index (χ1) is 10.4. The SMILES string of the molecule is COc1nn(C)cc1NC(=O)N(C)Cc1c(C)cccc1C. The zero-order valence-electron chi connectivity index (χ0n) is 13.7. The van der Waals surface area contributed by atoms with Crippen molar-refractivity contribution in [3.05, 3.63) is 41.1 Å². The number of ether oxygens (including phenoxy) is 1. The lowest BCUT2D eigenvalue weighted by atomic mass is 10.0. The Hall–Kier alpha value is -2.50. The van der Waals surface area contributed by atoms with Crippen molar-refractivity contribution < 1.29 is 9.53 Å². The predicted molar refractivity (Wildman–Crippen MR) is 86.2 cm³/mol. The Kier molecular flexibility index (Phi) is 4.70. The van der Waals surface area contributed by atoms with Gasteiger partial charge in [-0.3, -0.25) is 4.68 Å². The van der Waals surface area contributed by atoms with Crippen LogP contribution < -0.4 is 10.1 Å². The standard InChI is InChI=1S/C16H22N4O2/c1-11-7-6-8-12(2)13(11)9-19(3)16(21)17-14-10-20(4)18-15(14)22-5/h6-8,10H,9H2,1-5H3,(H,17,21). The van der Waals surface area contributed by atoms with Gasteiger partial charge in [0.05, 0.1) is 13.3 Å². The maximum Gasteiger partial charge on any atom is 0.322 e. The maximum absolute atomic E-state index is 12.3. The van der Waals surface area contributed by atoms with E-state index in [1.165, 1.54) is 23.8 Å². The molecule has 0 saturated heterocycles. The second-order valence-electron chi connectivity index (χ2n) is 5.38. The maximum atomic E-state index is 12.3. The van der Waals surface area contributed by atoms with Crippen molar-refractivity contribution in [3.8, 4) is 5.88 Å². The number of rotatable bonds is 4. The van der Waals surface area contributed by atoms with Gasteiger partial charge < -0.3 is 15.0 Å². The van der Waals surface area contributed by atoms with Crippen molar-refractivity contribution in [1.29, 1.82) is 0 Å². The molecule has 0 saturated carbocycles. The molecule has 22 heavy (non-hydrogen) atoms. The van der Waals surface area contributed by atoms with Gasteiger partial charge in [-0.2, -0.15) is 0 Å². The van der Waals surface area contributed by atoms with E-state index in [9.17, 15) is 4.79 Å². The number of carbonyl (C=O) groups is 1. The summed E-state index contributed by atoms with van der Waals surface area (Å²) >= 11 is 0. The summed E-state index contributed by atoms with van der Waals surface area (Å²) in [6.07, 6.45) is 1.71. The van der Waals surface area contributed by atoms with Crippen LogP contribution in [0.2, 0.25) is 0 Å². The third kappa shape index (κ3) is 3.39. The lowest BCUT2D eigenvalue weighted by molar-refractivity contribution is 0.220. The molecule has 0 fully saturated rings. The molecule has 0 bridgehead atoms. The molecule has 2 aromatic rings. The van der Waals surface area contributed by atoms with Gasteiger partial charge in [-0.25, -0.2) is 4.79 Å². The molecular weight excluding hydrogens is 280 g/mol. The van der Waals surface area contributed by atoms with E-state index in [1.807, 2.05) is 6.07 Å². The summed E-state index contributed by atoms with van der Waals surface area (Å²) in [4.78, 5) is 14.0. The van der Waals surface area contributed by atoms with Gasteiger partial charge in [-0.15, -0.1) is 5.10 Å². The fourth-order valence-corrected chi connectivity index (χ4v) is 2.32. The molecule has 118 valence electrons. The summed E-state index contributed by atoms with van der Waals surface area (Å²) in [7, 11) is 5.07. The second kappa shape index (κ2) is 6.51. The summed E-state index contributed by atoms with van der Waals surface area (Å²) in [5.41, 5.74) is 4.08. The lowest BCUT2D eigenvalue weighted by Gasteiger charge is -2.20. The molecule has 1 aromatic carbocycles. The molecule has 0 spiro atoms. The topological polar surface area (TPSA) is 59.4 Å². The summed E-state index contributed by atoms with van der Waals surface area (Å²) in [6.45, 7) is 4.66. The van der Waals surface area contributed by atoms with Gasteiger partial charge in [0.1, 0.15) is 5.69 Å². The molecule has 2 rings (SSSR count). The molecule has 0 unspecified atom stereocenters. The van der Waals surface area contributed by atoms with Gasteiger partial charge in [0.25, 0.3) is 5.88 Å². The van der Waals surface area contributed by atoms with Crippen molar-refractivity contribution in [2.45, 2.75) is 20.4 Å². The van der Waals surface area contributed by atoms with Crippen molar-refractivity contribution in [2.24, 2.45) is 7.05 Å². The number of aromatic nitrogens is 2. The van der Waals surface area contributed by atoms with Crippen LogP contribution in [-0.4, -0.2) is 34.9 Å². The van der Waals surface area contributed by atoms with Crippen LogP contribution in [0.3, 0.4) is 0 Å². The molecule has 6 heteroatoms. The number of hydrogen-bond donors (Lipinski definition) is 1. The normalized spacial score (nSPS) is 10.4. The molecule has 0 aliphatic rings. The van der Waals surface area contributed by atoms with E-state index < -0.39 is 0 Å². The number of hydrogen-bond acceptors (Lipinski definition) is 3. The molecule has 0 atom stereocenters. The van der Waals surface area contributed by atoms with Crippen LogP contribution in [0.4, 0.5) is 10.5 Å². The molecule has 1 N–H and O–H groups in total. The Morgan fingerprint density at radius 1 is 1.36 bits per heavy atom. The van der Waals surface area contributed by atoms with Crippen molar-refractivity contribution in [2.75, 3.05) is 19.5 Å². The zero-order valence-corrected chi connectivity index (χ0v) is 13.7. The average molecular weight is 302 g/mol. The summed E-state index contributed by atoms with van der Waals surface area (Å²) < 4.78 is 6.74. The fraction of sp³-hybridized carbons (Fsp3) is 0.375. The van der Waals surface area contributed by atoms with Crippen LogP contribution in [0.5, 0.6) is 5.88 Å². The van der Waals surface area contributed by atoms with Gasteiger partial charge in [-0.1, -0.05) is 18.2 Å². The van der Waals surface area contributed by atoms with Crippen LogP contribution in [0, 0.1) is 13.8 Å². The highest BCUT2D eigenvalue weighted by Gasteiger charge is 2.16. The lowest BCUT2D eigenvalue weighted by Crippen LogP contribution is -2.31. The van der Waals surface area contributed by atoms with Gasteiger partial charge >= 0.3 is 6.03 Å². The number of nitrogens with zero attached hydrogens (tertiary/aromatic N) is 3. The van der Waals surface area contributed by atoms with E-state index in [4.69, 9.17) is 4.74 Å². The number of nitrogens with one attached hydrogen (secondary N) is 1. The van der Waals surface area contributed by atoms with Crippen LogP contribution in [0.25, 0.3) is 0 Å². The van der Waals surface area contributed by atoms with E-state index in [2.05, 4.69) is 36.4 Å². The zero-order chi connectivity index (χ0) is 16.3. The number of urea groups is 1. The highest BCUT2D eigenvalue weighted by atomic mass is 16.5. The molecule has 0 aliphatic carbocycles.